The molecule has 7 nitrogen and oxygen atoms in total. The van der Waals surface area contributed by atoms with Gasteiger partial charge in [-0.2, -0.15) is 9.61 Å². The highest BCUT2D eigenvalue weighted by atomic mass is 35.5. The van der Waals surface area contributed by atoms with Crippen molar-refractivity contribution in [2.75, 3.05) is 0 Å². The van der Waals surface area contributed by atoms with Crippen molar-refractivity contribution in [3.05, 3.63) is 73.8 Å². The Morgan fingerprint density at radius 3 is 2.62 bits per heavy atom. The molecule has 0 radical (unpaired) electrons. The van der Waals surface area contributed by atoms with E-state index in [9.17, 15) is 14.9 Å². The first-order chi connectivity index (χ1) is 10.1. The Bertz CT molecular complexity index is 883. The van der Waals surface area contributed by atoms with Crippen LogP contribution in [0.3, 0.4) is 0 Å². The van der Waals surface area contributed by atoms with Crippen LogP contribution in [0.4, 0.5) is 5.69 Å². The third-order valence-corrected chi connectivity index (χ3v) is 3.41. The van der Waals surface area contributed by atoms with E-state index < -0.39 is 4.92 Å². The van der Waals surface area contributed by atoms with Crippen LogP contribution in [0.1, 0.15) is 5.56 Å². The molecule has 0 N–H and O–H groups in total. The minimum atomic E-state index is -0.453. The molecule has 0 saturated heterocycles. The van der Waals surface area contributed by atoms with E-state index in [0.29, 0.717) is 12.2 Å². The van der Waals surface area contributed by atoms with Crippen LogP contribution in [0.15, 0.2) is 47.4 Å². The second-order valence-corrected chi connectivity index (χ2v) is 4.80. The van der Waals surface area contributed by atoms with E-state index in [1.807, 2.05) is 0 Å². The maximum Gasteiger partial charge on any atom is 0.275 e. The fourth-order valence-corrected chi connectivity index (χ4v) is 2.32. The van der Waals surface area contributed by atoms with E-state index >= 15 is 0 Å². The van der Waals surface area contributed by atoms with Gasteiger partial charge in [-0.25, -0.2) is 0 Å². The van der Waals surface area contributed by atoms with Gasteiger partial charge in [-0.05, 0) is 5.56 Å². The smallest absolute Gasteiger partial charge is 0.275 e. The number of non-ortho nitro benzene ring substituents is 1. The van der Waals surface area contributed by atoms with Crippen LogP contribution in [-0.4, -0.2) is 19.1 Å². The van der Waals surface area contributed by atoms with Crippen LogP contribution in [0.5, 0.6) is 0 Å². The van der Waals surface area contributed by atoms with Gasteiger partial charge in [0.2, 0.25) is 0 Å². The van der Waals surface area contributed by atoms with Gasteiger partial charge in [0.1, 0.15) is 10.8 Å². The van der Waals surface area contributed by atoms with E-state index in [0.717, 1.165) is 5.56 Å². The Kier molecular flexibility index (Phi) is 3.19. The molecular weight excluding hydrogens is 296 g/mol. The second kappa shape index (κ2) is 5.02. The zero-order valence-corrected chi connectivity index (χ0v) is 11.4. The first-order valence-corrected chi connectivity index (χ1v) is 6.40. The van der Waals surface area contributed by atoms with Crippen molar-refractivity contribution in [2.45, 2.75) is 6.54 Å². The lowest BCUT2D eigenvalue weighted by Crippen LogP contribution is -2.18. The van der Waals surface area contributed by atoms with E-state index in [1.54, 1.807) is 22.8 Å². The summed E-state index contributed by atoms with van der Waals surface area (Å²) in [5.41, 5.74) is 1.11. The quantitative estimate of drug-likeness (QED) is 0.421. The number of benzene rings is 1. The molecule has 3 aromatic rings. The molecule has 0 unspecified atom stereocenters. The largest absolute Gasteiger partial charge is 0.312 e. The summed E-state index contributed by atoms with van der Waals surface area (Å²) in [6.45, 7) is 0.381. The van der Waals surface area contributed by atoms with Crippen molar-refractivity contribution in [1.82, 2.24) is 14.2 Å². The van der Waals surface area contributed by atoms with Crippen LogP contribution >= 0.6 is 11.6 Å². The number of fused-ring (bicyclic) bond motifs is 1. The summed E-state index contributed by atoms with van der Waals surface area (Å²) in [6.07, 6.45) is 1.51. The Labute approximate surface area is 123 Å². The number of rotatable bonds is 3. The van der Waals surface area contributed by atoms with Gasteiger partial charge in [-0.3, -0.25) is 14.9 Å². The summed E-state index contributed by atoms with van der Waals surface area (Å²) in [5, 5.41) is 14.9. The molecule has 0 spiro atoms. The van der Waals surface area contributed by atoms with Crippen LogP contribution < -0.4 is 5.56 Å². The predicted octanol–water partition coefficient (Wildman–Crippen LogP) is 2.11. The Morgan fingerprint density at radius 1 is 1.24 bits per heavy atom. The van der Waals surface area contributed by atoms with Crippen molar-refractivity contribution < 1.29 is 4.92 Å². The Balaban J connectivity index is 2.03. The van der Waals surface area contributed by atoms with E-state index in [2.05, 4.69) is 5.10 Å². The number of nitrogens with zero attached hydrogens (tertiary/aromatic N) is 4. The van der Waals surface area contributed by atoms with Gasteiger partial charge < -0.3 is 4.57 Å². The summed E-state index contributed by atoms with van der Waals surface area (Å²) in [6, 6.07) is 9.13. The summed E-state index contributed by atoms with van der Waals surface area (Å²) in [7, 11) is 0. The minimum Gasteiger partial charge on any atom is -0.312 e. The van der Waals surface area contributed by atoms with E-state index in [4.69, 9.17) is 11.6 Å². The monoisotopic (exact) mass is 304 g/mol. The first kappa shape index (κ1) is 13.3. The van der Waals surface area contributed by atoms with Crippen LogP contribution in [0, 0.1) is 10.1 Å². The normalized spacial score (nSPS) is 10.9. The second-order valence-electron chi connectivity index (χ2n) is 4.42. The van der Waals surface area contributed by atoms with Crippen molar-refractivity contribution >= 4 is 22.9 Å². The third kappa shape index (κ3) is 2.38. The fourth-order valence-electron chi connectivity index (χ4n) is 2.08. The molecule has 8 heteroatoms. The van der Waals surface area contributed by atoms with Crippen molar-refractivity contribution in [1.29, 1.82) is 0 Å². The number of nitro benzene ring substituents is 1. The van der Waals surface area contributed by atoms with Gasteiger partial charge in [-0.15, -0.1) is 0 Å². The van der Waals surface area contributed by atoms with Gasteiger partial charge in [0.25, 0.3) is 11.2 Å². The molecule has 0 saturated carbocycles. The molecule has 106 valence electrons. The number of aromatic nitrogens is 3. The molecule has 0 aliphatic rings. The summed E-state index contributed by atoms with van der Waals surface area (Å²) in [5.74, 6) is 0. The standard InChI is InChI=1S/C13H9ClN4O3/c14-11-7-13(19)17-12(5-6-15-17)16(11)8-9-1-3-10(4-2-9)18(20)21/h1-7H,8H2. The molecule has 0 bridgehead atoms. The molecule has 0 fully saturated rings. The molecule has 1 aromatic carbocycles. The van der Waals surface area contributed by atoms with E-state index in [1.165, 1.54) is 28.9 Å². The third-order valence-electron chi connectivity index (χ3n) is 3.10. The summed E-state index contributed by atoms with van der Waals surface area (Å²) >= 11 is 6.11. The lowest BCUT2D eigenvalue weighted by molar-refractivity contribution is -0.384. The molecule has 0 atom stereocenters. The number of hydrogen-bond acceptors (Lipinski definition) is 4. The van der Waals surface area contributed by atoms with Crippen LogP contribution in [-0.2, 0) is 6.54 Å². The van der Waals surface area contributed by atoms with Gasteiger partial charge in [0, 0.05) is 24.3 Å². The number of nitro groups is 1. The number of hydrogen-bond donors (Lipinski definition) is 0. The molecular formula is C13H9ClN4O3. The zero-order chi connectivity index (χ0) is 15.0. The van der Waals surface area contributed by atoms with Crippen molar-refractivity contribution in [2.24, 2.45) is 0 Å². The van der Waals surface area contributed by atoms with Gasteiger partial charge in [0.15, 0.2) is 0 Å². The first-order valence-electron chi connectivity index (χ1n) is 6.02. The molecule has 2 aromatic heterocycles. The van der Waals surface area contributed by atoms with Crippen LogP contribution in [0.2, 0.25) is 5.15 Å². The molecule has 3 rings (SSSR count). The summed E-state index contributed by atoms with van der Waals surface area (Å²) < 4.78 is 2.95. The minimum absolute atomic E-state index is 0.0271. The predicted molar refractivity (Wildman–Crippen MR) is 76.7 cm³/mol. The highest BCUT2D eigenvalue weighted by Gasteiger charge is 2.10. The number of halogens is 1. The topological polar surface area (TPSA) is 82.4 Å². The fraction of sp³-hybridized carbons (Fsp3) is 0.0769. The molecule has 21 heavy (non-hydrogen) atoms. The van der Waals surface area contributed by atoms with Crippen LogP contribution in [0.25, 0.3) is 5.65 Å². The summed E-state index contributed by atoms with van der Waals surface area (Å²) in [4.78, 5) is 21.9. The van der Waals surface area contributed by atoms with Gasteiger partial charge in [0.05, 0.1) is 17.7 Å². The zero-order valence-electron chi connectivity index (χ0n) is 10.6. The van der Waals surface area contributed by atoms with Crippen molar-refractivity contribution in [3.8, 4) is 0 Å². The highest BCUT2D eigenvalue weighted by Crippen LogP contribution is 2.17. The lowest BCUT2D eigenvalue weighted by atomic mass is 10.2. The van der Waals surface area contributed by atoms with Gasteiger partial charge in [-0.1, -0.05) is 23.7 Å². The lowest BCUT2D eigenvalue weighted by Gasteiger charge is -2.11. The Hall–Kier alpha value is -2.67. The average Bonchev–Trinajstić information content (AvgIpc) is 2.93. The molecule has 0 amide bonds. The molecule has 0 aliphatic carbocycles. The Morgan fingerprint density at radius 2 is 1.95 bits per heavy atom. The molecule has 2 heterocycles. The van der Waals surface area contributed by atoms with Gasteiger partial charge >= 0.3 is 0 Å². The SMILES string of the molecule is O=c1cc(Cl)n(Cc2ccc([N+](=O)[O-])cc2)c2ccnn12. The molecule has 0 aliphatic heterocycles. The maximum absolute atomic E-state index is 11.7. The highest BCUT2D eigenvalue weighted by molar-refractivity contribution is 6.29. The average molecular weight is 305 g/mol. The maximum atomic E-state index is 11.7. The van der Waals surface area contributed by atoms with E-state index in [-0.39, 0.29) is 16.4 Å². The van der Waals surface area contributed by atoms with Crippen molar-refractivity contribution in [3.63, 3.8) is 0 Å².